The standard InChI is InChI=1S/C27H38O2/c1-19(2)25-15-14-20(3)16-27(25,29)18-22-11-7-9-13-24(22)23-12-8-6-10-21(23)17-26(4,5)28/h6-13,19-20,25,28-29H,14-18H2,1-5H3/t20-,25+,27-/m1/s1. The fraction of sp³-hybridized carbons (Fsp3) is 0.556. The van der Waals surface area contributed by atoms with Crippen molar-refractivity contribution < 1.29 is 10.2 Å². The van der Waals surface area contributed by atoms with Crippen LogP contribution in [0.1, 0.15) is 65.0 Å². The molecule has 2 heteroatoms. The summed E-state index contributed by atoms with van der Waals surface area (Å²) in [4.78, 5) is 0. The maximum atomic E-state index is 11.8. The molecule has 29 heavy (non-hydrogen) atoms. The molecule has 0 unspecified atom stereocenters. The summed E-state index contributed by atoms with van der Waals surface area (Å²) in [7, 11) is 0. The van der Waals surface area contributed by atoms with Gasteiger partial charge in [0.05, 0.1) is 11.2 Å². The van der Waals surface area contributed by atoms with E-state index in [1.54, 1.807) is 0 Å². The molecular weight excluding hydrogens is 356 g/mol. The van der Waals surface area contributed by atoms with Crippen LogP contribution in [0.25, 0.3) is 11.1 Å². The van der Waals surface area contributed by atoms with Crippen LogP contribution in [0.4, 0.5) is 0 Å². The maximum absolute atomic E-state index is 11.8. The van der Waals surface area contributed by atoms with Crippen molar-refractivity contribution in [3.63, 3.8) is 0 Å². The Morgan fingerprint density at radius 2 is 1.52 bits per heavy atom. The van der Waals surface area contributed by atoms with Gasteiger partial charge in [-0.05, 0) is 66.7 Å². The van der Waals surface area contributed by atoms with Gasteiger partial charge >= 0.3 is 0 Å². The van der Waals surface area contributed by atoms with Crippen LogP contribution in [-0.4, -0.2) is 21.4 Å². The van der Waals surface area contributed by atoms with Crippen LogP contribution in [0, 0.1) is 17.8 Å². The summed E-state index contributed by atoms with van der Waals surface area (Å²) in [5.41, 5.74) is 3.29. The van der Waals surface area contributed by atoms with Gasteiger partial charge in [-0.2, -0.15) is 0 Å². The van der Waals surface area contributed by atoms with E-state index >= 15 is 0 Å². The van der Waals surface area contributed by atoms with Gasteiger partial charge in [0, 0.05) is 12.8 Å². The van der Waals surface area contributed by atoms with E-state index in [-0.39, 0.29) is 0 Å². The minimum atomic E-state index is -0.759. The molecule has 0 heterocycles. The highest BCUT2D eigenvalue weighted by atomic mass is 16.3. The van der Waals surface area contributed by atoms with Crippen LogP contribution in [0.15, 0.2) is 48.5 Å². The highest BCUT2D eigenvalue weighted by Gasteiger charge is 2.43. The molecule has 0 radical (unpaired) electrons. The Bertz CT molecular complexity index is 817. The zero-order valence-corrected chi connectivity index (χ0v) is 18.8. The van der Waals surface area contributed by atoms with Gasteiger partial charge in [-0.3, -0.25) is 0 Å². The Morgan fingerprint density at radius 3 is 2.10 bits per heavy atom. The first-order valence-corrected chi connectivity index (χ1v) is 11.2. The summed E-state index contributed by atoms with van der Waals surface area (Å²) >= 11 is 0. The monoisotopic (exact) mass is 394 g/mol. The number of hydrogen-bond acceptors (Lipinski definition) is 2. The smallest absolute Gasteiger partial charge is 0.0721 e. The highest BCUT2D eigenvalue weighted by molar-refractivity contribution is 5.71. The van der Waals surface area contributed by atoms with E-state index in [1.165, 1.54) is 23.1 Å². The van der Waals surface area contributed by atoms with Crippen LogP contribution >= 0.6 is 0 Å². The Kier molecular flexibility index (Phi) is 6.55. The summed E-state index contributed by atoms with van der Waals surface area (Å²) in [5, 5.41) is 22.2. The quantitative estimate of drug-likeness (QED) is 0.628. The highest BCUT2D eigenvalue weighted by Crippen LogP contribution is 2.44. The molecule has 0 aromatic heterocycles. The van der Waals surface area contributed by atoms with Gasteiger partial charge in [0.25, 0.3) is 0 Å². The van der Waals surface area contributed by atoms with E-state index in [9.17, 15) is 10.2 Å². The second-order valence-electron chi connectivity index (χ2n) is 10.3. The Hall–Kier alpha value is -1.64. The second-order valence-corrected chi connectivity index (χ2v) is 10.3. The van der Waals surface area contributed by atoms with Gasteiger partial charge in [-0.15, -0.1) is 0 Å². The van der Waals surface area contributed by atoms with Gasteiger partial charge in [0.15, 0.2) is 0 Å². The molecule has 3 atom stereocenters. The minimum Gasteiger partial charge on any atom is -0.390 e. The lowest BCUT2D eigenvalue weighted by Gasteiger charge is -2.45. The van der Waals surface area contributed by atoms with Crippen molar-refractivity contribution in [2.45, 2.75) is 77.9 Å². The van der Waals surface area contributed by atoms with Crippen molar-refractivity contribution in [3.05, 3.63) is 59.7 Å². The largest absolute Gasteiger partial charge is 0.390 e. The molecule has 1 saturated carbocycles. The zero-order chi connectivity index (χ0) is 21.2. The predicted molar refractivity (Wildman–Crippen MR) is 122 cm³/mol. The van der Waals surface area contributed by atoms with E-state index in [2.05, 4.69) is 63.2 Å². The minimum absolute atomic E-state index is 0.332. The third kappa shape index (κ3) is 5.29. The first kappa shape index (κ1) is 22.1. The fourth-order valence-electron chi connectivity index (χ4n) is 5.42. The Labute approximate surface area is 177 Å². The number of aliphatic hydroxyl groups is 2. The zero-order valence-electron chi connectivity index (χ0n) is 18.8. The Balaban J connectivity index is 2.00. The number of rotatable bonds is 6. The first-order chi connectivity index (χ1) is 13.6. The van der Waals surface area contributed by atoms with E-state index in [0.29, 0.717) is 30.6 Å². The lowest BCUT2D eigenvalue weighted by Crippen LogP contribution is -2.47. The third-order valence-corrected chi connectivity index (χ3v) is 6.61. The predicted octanol–water partition coefficient (Wildman–Crippen LogP) is 6.03. The summed E-state index contributed by atoms with van der Waals surface area (Å²) in [6.07, 6.45) is 4.48. The molecule has 1 fully saturated rings. The number of hydrogen-bond donors (Lipinski definition) is 2. The van der Waals surface area contributed by atoms with Gasteiger partial charge in [-0.1, -0.05) is 75.7 Å². The van der Waals surface area contributed by atoms with Crippen molar-refractivity contribution in [1.82, 2.24) is 0 Å². The molecule has 0 amide bonds. The molecule has 158 valence electrons. The molecule has 1 aliphatic carbocycles. The molecule has 2 N–H and O–H groups in total. The van der Waals surface area contributed by atoms with E-state index < -0.39 is 11.2 Å². The van der Waals surface area contributed by atoms with Crippen molar-refractivity contribution in [2.75, 3.05) is 0 Å². The van der Waals surface area contributed by atoms with E-state index in [0.717, 1.165) is 18.4 Å². The SMILES string of the molecule is CC(C)[C@@H]1CC[C@@H](C)C[C@@]1(O)Cc1ccccc1-c1ccccc1CC(C)(C)O. The normalized spacial score (nSPS) is 25.4. The molecule has 0 saturated heterocycles. The van der Waals surface area contributed by atoms with Gasteiger partial charge in [0.1, 0.15) is 0 Å². The van der Waals surface area contributed by atoms with Crippen LogP contribution < -0.4 is 0 Å². The molecule has 2 aromatic carbocycles. The summed E-state index contributed by atoms with van der Waals surface area (Å²) < 4.78 is 0. The van der Waals surface area contributed by atoms with Crippen molar-refractivity contribution in [2.24, 2.45) is 17.8 Å². The lowest BCUT2D eigenvalue weighted by molar-refractivity contribution is -0.0794. The van der Waals surface area contributed by atoms with Crippen LogP contribution in [0.2, 0.25) is 0 Å². The molecule has 1 aliphatic rings. The van der Waals surface area contributed by atoms with Gasteiger partial charge in [-0.25, -0.2) is 0 Å². The summed E-state index contributed by atoms with van der Waals surface area (Å²) in [5.74, 6) is 1.37. The Morgan fingerprint density at radius 1 is 0.966 bits per heavy atom. The average molecular weight is 395 g/mol. The first-order valence-electron chi connectivity index (χ1n) is 11.2. The maximum Gasteiger partial charge on any atom is 0.0721 e. The molecule has 0 aliphatic heterocycles. The molecular formula is C27H38O2. The molecule has 3 rings (SSSR count). The van der Waals surface area contributed by atoms with Crippen LogP contribution in [-0.2, 0) is 12.8 Å². The molecule has 2 nitrogen and oxygen atoms in total. The average Bonchev–Trinajstić information content (AvgIpc) is 2.61. The molecule has 0 spiro atoms. The van der Waals surface area contributed by atoms with Crippen molar-refractivity contribution in [1.29, 1.82) is 0 Å². The van der Waals surface area contributed by atoms with E-state index in [4.69, 9.17) is 0 Å². The van der Waals surface area contributed by atoms with E-state index in [1.807, 2.05) is 19.9 Å². The van der Waals surface area contributed by atoms with Gasteiger partial charge < -0.3 is 10.2 Å². The fourth-order valence-corrected chi connectivity index (χ4v) is 5.42. The lowest BCUT2D eigenvalue weighted by atomic mass is 9.64. The van der Waals surface area contributed by atoms with Gasteiger partial charge in [0.2, 0.25) is 0 Å². The molecule has 0 bridgehead atoms. The topological polar surface area (TPSA) is 40.5 Å². The summed E-state index contributed by atoms with van der Waals surface area (Å²) in [6.45, 7) is 10.5. The van der Waals surface area contributed by atoms with Crippen LogP contribution in [0.5, 0.6) is 0 Å². The second kappa shape index (κ2) is 8.62. The molecule has 2 aromatic rings. The summed E-state index contributed by atoms with van der Waals surface area (Å²) in [6, 6.07) is 16.9. The van der Waals surface area contributed by atoms with Crippen LogP contribution in [0.3, 0.4) is 0 Å². The van der Waals surface area contributed by atoms with Crippen molar-refractivity contribution in [3.8, 4) is 11.1 Å². The number of benzene rings is 2. The van der Waals surface area contributed by atoms with Crippen molar-refractivity contribution >= 4 is 0 Å². The third-order valence-electron chi connectivity index (χ3n) is 6.61.